The lowest BCUT2D eigenvalue weighted by molar-refractivity contribution is -0.384. The van der Waals surface area contributed by atoms with Gasteiger partial charge < -0.3 is 9.64 Å². The van der Waals surface area contributed by atoms with Crippen molar-refractivity contribution in [3.63, 3.8) is 0 Å². The molecule has 3 saturated carbocycles. The number of benzene rings is 1. The minimum Gasteiger partial charge on any atom is -0.497 e. The van der Waals surface area contributed by atoms with Gasteiger partial charge >= 0.3 is 0 Å². The number of amides is 1. The Morgan fingerprint density at radius 1 is 1.12 bits per heavy atom. The number of Topliss-reactive ketones (excluding diaryl/α,β-unsaturated/α-hetero) is 1. The molecule has 0 radical (unpaired) electrons. The number of rotatable bonds is 9. The number of allylic oxidation sites excluding steroid dienone is 2. The summed E-state index contributed by atoms with van der Waals surface area (Å²) in [5, 5.41) is 11.6. The summed E-state index contributed by atoms with van der Waals surface area (Å²) in [6.45, 7) is 9.41. The topological polar surface area (TPSA) is 89.8 Å². The average molecular weight is 579 g/mol. The quantitative estimate of drug-likeness (QED) is 0.168. The molecule has 0 saturated heterocycles. The molecule has 0 bridgehead atoms. The van der Waals surface area contributed by atoms with E-state index in [-0.39, 0.29) is 23.2 Å². The Hall–Kier alpha value is -2.70. The number of nitro benzene ring substituents is 1. The Labute approximate surface area is 251 Å². The SMILES string of the molecule is COc1ccc([N+](=O)[O-])c(N(C)C(=O)[C@@H](C)CCC[C@@H](C)[C@H]2CC[C@H]3C4=CC[C@H]5CC(=O)CC[C@]5(C)[C@H]4CC[C@]23C)c1. The highest BCUT2D eigenvalue weighted by Crippen LogP contribution is 2.66. The van der Waals surface area contributed by atoms with Gasteiger partial charge in [0.15, 0.2) is 0 Å². The second-order valence-corrected chi connectivity index (χ2v) is 14.5. The van der Waals surface area contributed by atoms with Gasteiger partial charge in [-0.3, -0.25) is 19.7 Å². The van der Waals surface area contributed by atoms with Crippen LogP contribution < -0.4 is 9.64 Å². The molecule has 42 heavy (non-hydrogen) atoms. The fourth-order valence-corrected chi connectivity index (χ4v) is 9.85. The van der Waals surface area contributed by atoms with E-state index >= 15 is 0 Å². The third-order valence-corrected chi connectivity index (χ3v) is 12.4. The van der Waals surface area contributed by atoms with E-state index in [1.165, 1.54) is 43.8 Å². The van der Waals surface area contributed by atoms with Crippen LogP contribution in [0.4, 0.5) is 11.4 Å². The Kier molecular flexibility index (Phi) is 8.61. The molecule has 0 aromatic heterocycles. The molecule has 4 aliphatic carbocycles. The Morgan fingerprint density at radius 3 is 2.57 bits per heavy atom. The zero-order valence-electron chi connectivity index (χ0n) is 26.5. The van der Waals surface area contributed by atoms with E-state index < -0.39 is 4.92 Å². The molecule has 0 N–H and O–H groups in total. The van der Waals surface area contributed by atoms with E-state index in [0.29, 0.717) is 52.0 Å². The van der Waals surface area contributed by atoms with Gasteiger partial charge in [-0.15, -0.1) is 0 Å². The van der Waals surface area contributed by atoms with Gasteiger partial charge in [0.1, 0.15) is 17.2 Å². The lowest BCUT2D eigenvalue weighted by Gasteiger charge is -2.57. The van der Waals surface area contributed by atoms with Gasteiger partial charge in [0.05, 0.1) is 12.0 Å². The molecule has 4 aliphatic rings. The van der Waals surface area contributed by atoms with E-state index in [1.54, 1.807) is 24.8 Å². The number of fused-ring (bicyclic) bond motifs is 5. The molecule has 0 aliphatic heterocycles. The van der Waals surface area contributed by atoms with Crippen LogP contribution in [-0.2, 0) is 9.59 Å². The van der Waals surface area contributed by atoms with E-state index in [2.05, 4.69) is 26.8 Å². The number of ketones is 1. The van der Waals surface area contributed by atoms with Gasteiger partial charge in [-0.1, -0.05) is 52.2 Å². The van der Waals surface area contributed by atoms with Crippen LogP contribution in [0.5, 0.6) is 5.75 Å². The minimum absolute atomic E-state index is 0.0965. The molecule has 7 heteroatoms. The summed E-state index contributed by atoms with van der Waals surface area (Å²) >= 11 is 0. The van der Waals surface area contributed by atoms with Crippen molar-refractivity contribution in [2.75, 3.05) is 19.1 Å². The molecule has 0 spiro atoms. The van der Waals surface area contributed by atoms with Crippen molar-refractivity contribution in [1.29, 1.82) is 0 Å². The first kappa shape index (κ1) is 30.7. The molecule has 5 rings (SSSR count). The predicted octanol–water partition coefficient (Wildman–Crippen LogP) is 8.16. The van der Waals surface area contributed by atoms with Crippen LogP contribution in [0.15, 0.2) is 29.8 Å². The molecular formula is C35H50N2O5. The zero-order chi connectivity index (χ0) is 30.4. The molecule has 1 aromatic carbocycles. The largest absolute Gasteiger partial charge is 0.497 e. The number of anilines is 1. The number of methoxy groups -OCH3 is 1. The molecule has 7 nitrogen and oxygen atoms in total. The highest BCUT2D eigenvalue weighted by Gasteiger charge is 2.58. The van der Waals surface area contributed by atoms with Crippen LogP contribution in [0, 0.1) is 56.5 Å². The number of nitrogens with zero attached hydrogens (tertiary/aromatic N) is 2. The molecule has 0 heterocycles. The number of carbonyl (C=O) groups is 2. The highest BCUT2D eigenvalue weighted by molar-refractivity contribution is 5.96. The molecule has 1 aromatic rings. The maximum atomic E-state index is 13.3. The molecule has 3 fully saturated rings. The van der Waals surface area contributed by atoms with Crippen LogP contribution in [0.3, 0.4) is 0 Å². The van der Waals surface area contributed by atoms with Crippen molar-refractivity contribution in [2.24, 2.45) is 46.3 Å². The van der Waals surface area contributed by atoms with Gasteiger partial charge in [-0.05, 0) is 91.4 Å². The maximum absolute atomic E-state index is 13.3. The van der Waals surface area contributed by atoms with E-state index in [4.69, 9.17) is 4.74 Å². The summed E-state index contributed by atoms with van der Waals surface area (Å²) in [5.74, 6) is 3.77. The second kappa shape index (κ2) is 11.8. The van der Waals surface area contributed by atoms with Crippen molar-refractivity contribution in [3.05, 3.63) is 40.0 Å². The molecule has 230 valence electrons. The van der Waals surface area contributed by atoms with Crippen molar-refractivity contribution >= 4 is 23.1 Å². The third kappa shape index (κ3) is 5.30. The Balaban J connectivity index is 1.19. The smallest absolute Gasteiger partial charge is 0.293 e. The number of ether oxygens (including phenoxy) is 1. The van der Waals surface area contributed by atoms with Gasteiger partial charge in [0, 0.05) is 37.9 Å². The average Bonchev–Trinajstić information content (AvgIpc) is 3.33. The molecule has 0 unspecified atom stereocenters. The third-order valence-electron chi connectivity index (χ3n) is 12.4. The van der Waals surface area contributed by atoms with E-state index in [1.807, 2.05) is 6.92 Å². The van der Waals surface area contributed by atoms with Gasteiger partial charge in [0.2, 0.25) is 5.91 Å². The number of hydrogen-bond acceptors (Lipinski definition) is 5. The van der Waals surface area contributed by atoms with Crippen LogP contribution in [0.25, 0.3) is 0 Å². The lowest BCUT2D eigenvalue weighted by Crippen LogP contribution is -2.49. The standard InChI is InChI=1S/C35H50N2O5/c1-22(8-7-9-23(2)33(39)36(5)32-21-26(42-6)11-15-31(32)37(40)41)28-13-14-29-27-12-10-24-20-25(38)16-18-34(24,3)30(27)17-19-35(28,29)4/h11-12,15,21-24,28-30H,7-10,13-14,16-20H2,1-6H3/t22-,23+,24+,28-,29+,30+,34+,35-/m1/s1. The van der Waals surface area contributed by atoms with Gasteiger partial charge in [0.25, 0.3) is 5.69 Å². The first-order valence-corrected chi connectivity index (χ1v) is 16.2. The summed E-state index contributed by atoms with van der Waals surface area (Å²) in [6.07, 6.45) is 14.2. The van der Waals surface area contributed by atoms with Crippen molar-refractivity contribution in [2.45, 2.75) is 98.3 Å². The van der Waals surface area contributed by atoms with Gasteiger partial charge in [-0.25, -0.2) is 0 Å². The summed E-state index contributed by atoms with van der Waals surface area (Å²) in [4.78, 5) is 38.1. The fourth-order valence-electron chi connectivity index (χ4n) is 9.85. The molecular weight excluding hydrogens is 528 g/mol. The fraction of sp³-hybridized carbons (Fsp3) is 0.714. The monoisotopic (exact) mass is 578 g/mol. The first-order valence-electron chi connectivity index (χ1n) is 16.2. The van der Waals surface area contributed by atoms with Gasteiger partial charge in [-0.2, -0.15) is 0 Å². The number of nitro groups is 1. The maximum Gasteiger partial charge on any atom is 0.293 e. The zero-order valence-corrected chi connectivity index (χ0v) is 26.5. The van der Waals surface area contributed by atoms with Crippen LogP contribution in [0.1, 0.15) is 98.3 Å². The van der Waals surface area contributed by atoms with Crippen LogP contribution in [0.2, 0.25) is 0 Å². The first-order chi connectivity index (χ1) is 19.9. The van der Waals surface area contributed by atoms with Crippen molar-refractivity contribution < 1.29 is 19.2 Å². The summed E-state index contributed by atoms with van der Waals surface area (Å²) < 4.78 is 5.25. The second-order valence-electron chi connectivity index (χ2n) is 14.5. The molecule has 1 amide bonds. The number of hydrogen-bond donors (Lipinski definition) is 0. The van der Waals surface area contributed by atoms with Crippen molar-refractivity contribution in [1.82, 2.24) is 0 Å². The van der Waals surface area contributed by atoms with Crippen LogP contribution in [-0.4, -0.2) is 30.8 Å². The summed E-state index contributed by atoms with van der Waals surface area (Å²) in [5.41, 5.74) is 2.54. The summed E-state index contributed by atoms with van der Waals surface area (Å²) in [6, 6.07) is 4.50. The van der Waals surface area contributed by atoms with Crippen molar-refractivity contribution in [3.8, 4) is 5.75 Å². The highest BCUT2D eigenvalue weighted by atomic mass is 16.6. The van der Waals surface area contributed by atoms with Crippen LogP contribution >= 0.6 is 0 Å². The lowest BCUT2D eigenvalue weighted by atomic mass is 9.47. The Bertz CT molecular complexity index is 1260. The normalized spacial score (nSPS) is 33.5. The van der Waals surface area contributed by atoms with E-state index in [9.17, 15) is 19.7 Å². The van der Waals surface area contributed by atoms with E-state index in [0.717, 1.165) is 44.9 Å². The molecule has 8 atom stereocenters. The number of carbonyl (C=O) groups excluding carboxylic acids is 2. The Morgan fingerprint density at radius 2 is 1.86 bits per heavy atom. The summed E-state index contributed by atoms with van der Waals surface area (Å²) in [7, 11) is 3.13. The predicted molar refractivity (Wildman–Crippen MR) is 165 cm³/mol. The minimum atomic E-state index is -0.452.